The number of hydrogen-bond donors (Lipinski definition) is 0. The van der Waals surface area contributed by atoms with Crippen molar-refractivity contribution in [2.24, 2.45) is 0 Å². The third-order valence-electron chi connectivity index (χ3n) is 4.30. The second-order valence-corrected chi connectivity index (χ2v) is 5.63. The lowest BCUT2D eigenvalue weighted by molar-refractivity contribution is -0.137. The van der Waals surface area contributed by atoms with Crippen LogP contribution in [0.25, 0.3) is 0 Å². The number of carbonyl (C=O) groups excluding carboxylic acids is 2. The molecule has 1 atom stereocenters. The lowest BCUT2D eigenvalue weighted by Crippen LogP contribution is -2.34. The zero-order chi connectivity index (χ0) is 17.8. The molecule has 0 spiro atoms. The first-order valence-electron chi connectivity index (χ1n) is 7.92. The minimum absolute atomic E-state index is 0.266. The third-order valence-corrected chi connectivity index (χ3v) is 4.30. The molecule has 0 saturated heterocycles. The van der Waals surface area contributed by atoms with Gasteiger partial charge in [0.2, 0.25) is 0 Å². The van der Waals surface area contributed by atoms with E-state index in [9.17, 15) is 9.59 Å². The summed E-state index contributed by atoms with van der Waals surface area (Å²) in [6.07, 6.45) is 2.54. The van der Waals surface area contributed by atoms with Gasteiger partial charge < -0.3 is 19.1 Å². The van der Waals surface area contributed by atoms with Crippen molar-refractivity contribution in [3.8, 4) is 0 Å². The molecule has 1 unspecified atom stereocenters. The van der Waals surface area contributed by atoms with Crippen LogP contribution in [0.4, 0.5) is 5.69 Å². The Kier molecular flexibility index (Phi) is 5.14. The quantitative estimate of drug-likeness (QED) is 0.617. The van der Waals surface area contributed by atoms with Crippen molar-refractivity contribution in [1.82, 2.24) is 0 Å². The number of hydrogen-bond acceptors (Lipinski definition) is 6. The highest BCUT2D eigenvalue weighted by Crippen LogP contribution is 2.34. The Morgan fingerprint density at radius 3 is 2.80 bits per heavy atom. The number of benzene rings is 1. The van der Waals surface area contributed by atoms with Gasteiger partial charge in [-0.1, -0.05) is 18.2 Å². The molecule has 1 heterocycles. The number of anilines is 1. The molecule has 1 aromatic rings. The molecule has 0 amide bonds. The average molecular weight is 341 g/mol. The van der Waals surface area contributed by atoms with Gasteiger partial charge in [0.15, 0.2) is 0 Å². The van der Waals surface area contributed by atoms with E-state index in [-0.39, 0.29) is 11.1 Å². The summed E-state index contributed by atoms with van der Waals surface area (Å²) < 4.78 is 15.8. The fourth-order valence-electron chi connectivity index (χ4n) is 3.12. The first-order chi connectivity index (χ1) is 12.2. The predicted molar refractivity (Wildman–Crippen MR) is 91.6 cm³/mol. The van der Waals surface area contributed by atoms with Crippen molar-refractivity contribution >= 4 is 17.6 Å². The van der Waals surface area contributed by atoms with Gasteiger partial charge in [-0.05, 0) is 18.2 Å². The Labute approximate surface area is 146 Å². The van der Waals surface area contributed by atoms with Crippen molar-refractivity contribution in [2.75, 3.05) is 32.3 Å². The maximum atomic E-state index is 12.0. The normalized spacial score (nSPS) is 20.0. The molecule has 0 bridgehead atoms. The number of nitrogens with zero attached hydrogens (tertiary/aromatic N) is 1. The van der Waals surface area contributed by atoms with Crippen LogP contribution in [0.1, 0.15) is 5.56 Å². The van der Waals surface area contributed by atoms with Gasteiger partial charge in [0.05, 0.1) is 37.2 Å². The number of para-hydroxylation sites is 1. The molecule has 0 N–H and O–H groups in total. The van der Waals surface area contributed by atoms with E-state index in [1.54, 1.807) is 12.2 Å². The highest BCUT2D eigenvalue weighted by atomic mass is 16.5. The van der Waals surface area contributed by atoms with E-state index in [4.69, 9.17) is 14.2 Å². The molecule has 0 radical (unpaired) electrons. The van der Waals surface area contributed by atoms with Crippen LogP contribution in [0.2, 0.25) is 0 Å². The van der Waals surface area contributed by atoms with E-state index >= 15 is 0 Å². The van der Waals surface area contributed by atoms with Gasteiger partial charge in [-0.2, -0.15) is 0 Å². The van der Waals surface area contributed by atoms with E-state index in [1.165, 1.54) is 14.2 Å². The van der Waals surface area contributed by atoms with Crippen LogP contribution in [0, 0.1) is 0 Å². The minimum Gasteiger partial charge on any atom is -0.466 e. The fraction of sp³-hybridized carbons (Fsp3) is 0.316. The lowest BCUT2D eigenvalue weighted by atomic mass is 9.93. The smallest absolute Gasteiger partial charge is 0.336 e. The number of fused-ring (bicyclic) bond motifs is 1. The van der Waals surface area contributed by atoms with Crippen molar-refractivity contribution in [2.45, 2.75) is 12.7 Å². The maximum absolute atomic E-state index is 12.0. The van der Waals surface area contributed by atoms with Crippen LogP contribution in [0.15, 0.2) is 53.3 Å². The van der Waals surface area contributed by atoms with E-state index in [1.807, 2.05) is 35.1 Å². The van der Waals surface area contributed by atoms with Gasteiger partial charge in [0.1, 0.15) is 12.0 Å². The Morgan fingerprint density at radius 1 is 1.28 bits per heavy atom. The largest absolute Gasteiger partial charge is 0.466 e. The number of esters is 1. The first-order valence-corrected chi connectivity index (χ1v) is 7.92. The number of methoxy groups -OCH3 is 2. The summed E-state index contributed by atoms with van der Waals surface area (Å²) in [4.78, 5) is 25.7. The second kappa shape index (κ2) is 7.49. The second-order valence-electron chi connectivity index (χ2n) is 5.63. The van der Waals surface area contributed by atoms with Crippen molar-refractivity contribution in [3.63, 3.8) is 0 Å². The SMILES string of the molecule is COC(=O)C1=CC=C(N2CCOCc3ccccc32)C(=C=O)C1OC. The standard InChI is InChI=1S/C19H19NO5/c1-23-18-14(19(22)24-2)7-8-17(15(18)11-21)20-9-10-25-12-13-5-3-4-6-16(13)20/h3-8,18H,9-10,12H2,1-2H3. The van der Waals surface area contributed by atoms with E-state index in [0.29, 0.717) is 25.5 Å². The summed E-state index contributed by atoms with van der Waals surface area (Å²) >= 11 is 0. The van der Waals surface area contributed by atoms with Crippen LogP contribution in [0.3, 0.4) is 0 Å². The number of carbonyl (C=O) groups is 1. The molecular weight excluding hydrogens is 322 g/mol. The van der Waals surface area contributed by atoms with E-state index in [0.717, 1.165) is 11.3 Å². The topological polar surface area (TPSA) is 65.1 Å². The molecule has 1 aliphatic heterocycles. The summed E-state index contributed by atoms with van der Waals surface area (Å²) in [5.41, 5.74) is 3.17. The number of ether oxygens (including phenoxy) is 3. The number of allylic oxidation sites excluding steroid dienone is 2. The van der Waals surface area contributed by atoms with Gasteiger partial charge in [0.25, 0.3) is 0 Å². The molecule has 25 heavy (non-hydrogen) atoms. The zero-order valence-corrected chi connectivity index (χ0v) is 14.2. The summed E-state index contributed by atoms with van der Waals surface area (Å²) in [5.74, 6) is 1.42. The molecule has 0 saturated carbocycles. The van der Waals surface area contributed by atoms with Gasteiger partial charge in [-0.3, -0.25) is 0 Å². The molecular formula is C19H19NO5. The monoisotopic (exact) mass is 341 g/mol. The fourth-order valence-corrected chi connectivity index (χ4v) is 3.12. The van der Waals surface area contributed by atoms with Gasteiger partial charge in [0, 0.05) is 24.9 Å². The van der Waals surface area contributed by atoms with E-state index < -0.39 is 12.1 Å². The zero-order valence-electron chi connectivity index (χ0n) is 14.2. The molecule has 0 aromatic heterocycles. The van der Waals surface area contributed by atoms with Crippen molar-refractivity contribution in [3.05, 3.63) is 58.8 Å². The van der Waals surface area contributed by atoms with Crippen LogP contribution in [0.5, 0.6) is 0 Å². The highest BCUT2D eigenvalue weighted by molar-refractivity contribution is 5.93. The third kappa shape index (κ3) is 3.15. The Bertz CT molecular complexity index is 789. The summed E-state index contributed by atoms with van der Waals surface area (Å²) in [5, 5.41) is 0. The van der Waals surface area contributed by atoms with Crippen molar-refractivity contribution in [1.29, 1.82) is 0 Å². The average Bonchev–Trinajstić information content (AvgIpc) is 2.88. The molecule has 1 aromatic carbocycles. The minimum atomic E-state index is -0.818. The van der Waals surface area contributed by atoms with Gasteiger partial charge >= 0.3 is 5.97 Å². The first kappa shape index (κ1) is 17.2. The molecule has 6 heteroatoms. The predicted octanol–water partition coefficient (Wildman–Crippen LogP) is 1.79. The lowest BCUT2D eigenvalue weighted by Gasteiger charge is -2.32. The highest BCUT2D eigenvalue weighted by Gasteiger charge is 2.34. The summed E-state index contributed by atoms with van der Waals surface area (Å²) in [6.45, 7) is 1.60. The van der Waals surface area contributed by atoms with Gasteiger partial charge in [-0.25, -0.2) is 9.59 Å². The summed E-state index contributed by atoms with van der Waals surface area (Å²) in [7, 11) is 2.74. The van der Waals surface area contributed by atoms with E-state index in [2.05, 4.69) is 0 Å². The van der Waals surface area contributed by atoms with Crippen LogP contribution >= 0.6 is 0 Å². The number of rotatable bonds is 3. The Hall–Kier alpha value is -2.66. The van der Waals surface area contributed by atoms with Crippen molar-refractivity contribution < 1.29 is 23.8 Å². The molecule has 6 nitrogen and oxygen atoms in total. The van der Waals surface area contributed by atoms with Crippen LogP contribution < -0.4 is 4.90 Å². The van der Waals surface area contributed by atoms with Crippen LogP contribution in [-0.4, -0.2) is 45.4 Å². The molecule has 130 valence electrons. The molecule has 3 rings (SSSR count). The molecule has 2 aliphatic rings. The maximum Gasteiger partial charge on any atom is 0.336 e. The molecule has 1 aliphatic carbocycles. The Morgan fingerprint density at radius 2 is 2.08 bits per heavy atom. The summed E-state index contributed by atoms with van der Waals surface area (Å²) in [6, 6.07) is 7.86. The van der Waals surface area contributed by atoms with Crippen LogP contribution in [-0.2, 0) is 30.4 Å². The Balaban J connectivity index is 2.09. The molecule has 0 fully saturated rings. The van der Waals surface area contributed by atoms with Gasteiger partial charge in [-0.15, -0.1) is 0 Å².